The molecule has 0 aliphatic carbocycles. The number of anilines is 2. The maximum absolute atomic E-state index is 12.5. The van der Waals surface area contributed by atoms with E-state index < -0.39 is 0 Å². The minimum atomic E-state index is -0.203. The standard InChI is InChI=1S/C17H19N5O2/c1-20(14-5-3-2-4-6-14)17(24)15-11-19-16(12-18-15)22-9-7-21(13-23)8-10-22/h2-6,11-13H,7-10H2,1H3. The molecule has 2 heterocycles. The molecule has 24 heavy (non-hydrogen) atoms. The van der Waals surface area contributed by atoms with E-state index in [1.54, 1.807) is 23.0 Å². The van der Waals surface area contributed by atoms with Gasteiger partial charge in [-0.3, -0.25) is 9.59 Å². The first-order valence-corrected chi connectivity index (χ1v) is 7.78. The average Bonchev–Trinajstić information content (AvgIpc) is 2.68. The molecule has 0 unspecified atom stereocenters. The fourth-order valence-electron chi connectivity index (χ4n) is 2.59. The molecule has 1 fully saturated rings. The summed E-state index contributed by atoms with van der Waals surface area (Å²) in [7, 11) is 1.71. The molecular formula is C17H19N5O2. The molecule has 3 rings (SSSR count). The van der Waals surface area contributed by atoms with Gasteiger partial charge < -0.3 is 14.7 Å². The molecule has 1 aromatic carbocycles. The highest BCUT2D eigenvalue weighted by Gasteiger charge is 2.19. The topological polar surface area (TPSA) is 69.6 Å². The van der Waals surface area contributed by atoms with Crippen molar-refractivity contribution in [3.63, 3.8) is 0 Å². The zero-order chi connectivity index (χ0) is 16.9. The lowest BCUT2D eigenvalue weighted by Crippen LogP contribution is -2.46. The number of piperazine rings is 1. The van der Waals surface area contributed by atoms with E-state index in [0.29, 0.717) is 31.9 Å². The molecule has 0 bridgehead atoms. The SMILES string of the molecule is CN(C(=O)c1cnc(N2CCN(C=O)CC2)cn1)c1ccccc1. The van der Waals surface area contributed by atoms with Crippen molar-refractivity contribution in [3.05, 3.63) is 48.4 Å². The van der Waals surface area contributed by atoms with Crippen LogP contribution in [0.15, 0.2) is 42.7 Å². The van der Waals surface area contributed by atoms with Gasteiger partial charge in [-0.2, -0.15) is 0 Å². The van der Waals surface area contributed by atoms with Crippen LogP contribution in [0.3, 0.4) is 0 Å². The summed E-state index contributed by atoms with van der Waals surface area (Å²) in [6.45, 7) is 2.76. The summed E-state index contributed by atoms with van der Waals surface area (Å²) in [4.78, 5) is 37.2. The third-order valence-corrected chi connectivity index (χ3v) is 4.09. The van der Waals surface area contributed by atoms with E-state index in [9.17, 15) is 9.59 Å². The van der Waals surface area contributed by atoms with Crippen molar-refractivity contribution in [1.82, 2.24) is 14.9 Å². The zero-order valence-electron chi connectivity index (χ0n) is 13.5. The van der Waals surface area contributed by atoms with E-state index in [1.165, 1.54) is 6.20 Å². The number of carbonyl (C=O) groups is 2. The highest BCUT2D eigenvalue weighted by atomic mass is 16.2. The van der Waals surface area contributed by atoms with Gasteiger partial charge in [-0.05, 0) is 12.1 Å². The van der Waals surface area contributed by atoms with Gasteiger partial charge in [0.15, 0.2) is 0 Å². The lowest BCUT2D eigenvalue weighted by atomic mass is 10.3. The first-order chi connectivity index (χ1) is 11.7. The van der Waals surface area contributed by atoms with E-state index >= 15 is 0 Å². The Morgan fingerprint density at radius 1 is 1.08 bits per heavy atom. The van der Waals surface area contributed by atoms with Gasteiger partial charge in [-0.1, -0.05) is 18.2 Å². The second-order valence-corrected chi connectivity index (χ2v) is 5.59. The van der Waals surface area contributed by atoms with Crippen LogP contribution >= 0.6 is 0 Å². The quantitative estimate of drug-likeness (QED) is 0.786. The summed E-state index contributed by atoms with van der Waals surface area (Å²) in [5.74, 6) is 0.519. The number of rotatable bonds is 4. The van der Waals surface area contributed by atoms with Gasteiger partial charge in [0.25, 0.3) is 5.91 Å². The predicted molar refractivity (Wildman–Crippen MR) is 91.1 cm³/mol. The Hall–Kier alpha value is -2.96. The van der Waals surface area contributed by atoms with Crippen LogP contribution in [0, 0.1) is 0 Å². The predicted octanol–water partition coefficient (Wildman–Crippen LogP) is 1.03. The average molecular weight is 325 g/mol. The third-order valence-electron chi connectivity index (χ3n) is 4.09. The van der Waals surface area contributed by atoms with Crippen molar-refractivity contribution in [3.8, 4) is 0 Å². The van der Waals surface area contributed by atoms with Gasteiger partial charge in [0.1, 0.15) is 11.5 Å². The Balaban J connectivity index is 1.68. The molecule has 7 nitrogen and oxygen atoms in total. The second-order valence-electron chi connectivity index (χ2n) is 5.59. The summed E-state index contributed by atoms with van der Waals surface area (Å²) in [5, 5.41) is 0. The number of hydrogen-bond acceptors (Lipinski definition) is 5. The van der Waals surface area contributed by atoms with Gasteiger partial charge in [0.2, 0.25) is 6.41 Å². The minimum absolute atomic E-state index is 0.203. The molecule has 1 aliphatic rings. The number of para-hydroxylation sites is 1. The molecule has 124 valence electrons. The lowest BCUT2D eigenvalue weighted by Gasteiger charge is -2.33. The Bertz CT molecular complexity index is 697. The van der Waals surface area contributed by atoms with Crippen molar-refractivity contribution < 1.29 is 9.59 Å². The number of benzene rings is 1. The van der Waals surface area contributed by atoms with Crippen molar-refractivity contribution in [2.75, 3.05) is 43.0 Å². The molecule has 1 aliphatic heterocycles. The Labute approximate surface area is 140 Å². The lowest BCUT2D eigenvalue weighted by molar-refractivity contribution is -0.118. The molecule has 0 N–H and O–H groups in total. The van der Waals surface area contributed by atoms with Crippen LogP contribution in [0.5, 0.6) is 0 Å². The molecule has 2 amide bonds. The number of nitrogens with zero attached hydrogens (tertiary/aromatic N) is 5. The Morgan fingerprint density at radius 2 is 1.79 bits per heavy atom. The zero-order valence-corrected chi connectivity index (χ0v) is 13.5. The number of hydrogen-bond donors (Lipinski definition) is 0. The Morgan fingerprint density at radius 3 is 2.38 bits per heavy atom. The van der Waals surface area contributed by atoms with Gasteiger partial charge in [0.05, 0.1) is 12.4 Å². The number of carbonyl (C=O) groups excluding carboxylic acids is 2. The number of amides is 2. The molecular weight excluding hydrogens is 306 g/mol. The fourth-order valence-corrected chi connectivity index (χ4v) is 2.59. The molecule has 0 spiro atoms. The maximum Gasteiger partial charge on any atom is 0.278 e. The number of aromatic nitrogens is 2. The summed E-state index contributed by atoms with van der Waals surface area (Å²) in [6.07, 6.45) is 3.98. The van der Waals surface area contributed by atoms with Crippen LogP contribution in [0.2, 0.25) is 0 Å². The van der Waals surface area contributed by atoms with Crippen molar-refractivity contribution in [2.45, 2.75) is 0 Å². The first-order valence-electron chi connectivity index (χ1n) is 7.78. The van der Waals surface area contributed by atoms with Crippen LogP contribution in [-0.2, 0) is 4.79 Å². The fraction of sp³-hybridized carbons (Fsp3) is 0.294. The molecule has 1 aromatic heterocycles. The summed E-state index contributed by atoms with van der Waals surface area (Å²) < 4.78 is 0. The van der Waals surface area contributed by atoms with Crippen LogP contribution in [0.25, 0.3) is 0 Å². The van der Waals surface area contributed by atoms with Crippen LogP contribution < -0.4 is 9.80 Å². The largest absolute Gasteiger partial charge is 0.352 e. The second kappa shape index (κ2) is 7.08. The van der Waals surface area contributed by atoms with E-state index in [0.717, 1.165) is 17.9 Å². The molecule has 7 heteroatoms. The van der Waals surface area contributed by atoms with Crippen LogP contribution in [0.1, 0.15) is 10.5 Å². The molecule has 0 saturated carbocycles. The molecule has 0 atom stereocenters. The van der Waals surface area contributed by atoms with E-state index in [1.807, 2.05) is 30.3 Å². The molecule has 0 radical (unpaired) electrons. The van der Waals surface area contributed by atoms with Crippen molar-refractivity contribution in [1.29, 1.82) is 0 Å². The smallest absolute Gasteiger partial charge is 0.278 e. The molecule has 2 aromatic rings. The summed E-state index contributed by atoms with van der Waals surface area (Å²) in [5.41, 5.74) is 1.11. The van der Waals surface area contributed by atoms with Gasteiger partial charge in [-0.15, -0.1) is 0 Å². The molecule has 1 saturated heterocycles. The summed E-state index contributed by atoms with van der Waals surface area (Å²) in [6, 6.07) is 9.40. The Kier molecular flexibility index (Phi) is 4.69. The normalized spacial score (nSPS) is 14.4. The minimum Gasteiger partial charge on any atom is -0.352 e. The van der Waals surface area contributed by atoms with Gasteiger partial charge in [-0.25, -0.2) is 9.97 Å². The maximum atomic E-state index is 12.5. The van der Waals surface area contributed by atoms with Crippen LogP contribution in [-0.4, -0.2) is 60.4 Å². The van der Waals surface area contributed by atoms with E-state index in [4.69, 9.17) is 0 Å². The van der Waals surface area contributed by atoms with Gasteiger partial charge in [0, 0.05) is 38.9 Å². The monoisotopic (exact) mass is 325 g/mol. The van der Waals surface area contributed by atoms with Crippen molar-refractivity contribution in [2.24, 2.45) is 0 Å². The van der Waals surface area contributed by atoms with E-state index in [-0.39, 0.29) is 5.91 Å². The highest BCUT2D eigenvalue weighted by molar-refractivity contribution is 6.04. The highest BCUT2D eigenvalue weighted by Crippen LogP contribution is 2.15. The van der Waals surface area contributed by atoms with Crippen LogP contribution in [0.4, 0.5) is 11.5 Å². The first kappa shape index (κ1) is 15.9. The summed E-state index contributed by atoms with van der Waals surface area (Å²) >= 11 is 0. The third kappa shape index (κ3) is 3.34. The van der Waals surface area contributed by atoms with Gasteiger partial charge >= 0.3 is 0 Å². The van der Waals surface area contributed by atoms with Crippen molar-refractivity contribution >= 4 is 23.8 Å². The van der Waals surface area contributed by atoms with E-state index in [2.05, 4.69) is 14.9 Å².